The number of guanidine groups is 1. The van der Waals surface area contributed by atoms with Crippen molar-refractivity contribution in [2.24, 2.45) is 22.2 Å². The first kappa shape index (κ1) is 25.5. The van der Waals surface area contributed by atoms with Gasteiger partial charge in [0.1, 0.15) is 5.75 Å². The Kier molecular flexibility index (Phi) is 8.58. The molecular formula is C27H31N5O3. The van der Waals surface area contributed by atoms with Gasteiger partial charge in [-0.25, -0.2) is 0 Å². The van der Waals surface area contributed by atoms with Crippen molar-refractivity contribution in [3.63, 3.8) is 0 Å². The molecule has 0 saturated carbocycles. The smallest absolute Gasteiger partial charge is 0.248 e. The highest BCUT2D eigenvalue weighted by atomic mass is 16.3. The second kappa shape index (κ2) is 11.8. The molecule has 0 aromatic heterocycles. The molecule has 3 aromatic rings. The lowest BCUT2D eigenvalue weighted by Gasteiger charge is -2.31. The molecule has 3 aromatic carbocycles. The fraction of sp³-hybridized carbons (Fsp3) is 0.222. The molecule has 8 nitrogen and oxygen atoms in total. The second-order valence-corrected chi connectivity index (χ2v) is 8.35. The fourth-order valence-electron chi connectivity index (χ4n) is 3.91. The summed E-state index contributed by atoms with van der Waals surface area (Å²) in [7, 11) is 0. The van der Waals surface area contributed by atoms with Crippen molar-refractivity contribution in [1.82, 2.24) is 5.32 Å². The van der Waals surface area contributed by atoms with Crippen LogP contribution in [0.1, 0.15) is 35.4 Å². The number of Topliss-reactive ketones (excluding diaryl/α,β-unsaturated/α-hetero) is 1. The number of phenols is 1. The number of ketones is 1. The first-order chi connectivity index (χ1) is 16.8. The zero-order chi connectivity index (χ0) is 25.3. The van der Waals surface area contributed by atoms with E-state index in [0.717, 1.165) is 16.7 Å². The highest BCUT2D eigenvalue weighted by molar-refractivity contribution is 6.13. The van der Waals surface area contributed by atoms with Gasteiger partial charge in [0.15, 0.2) is 17.3 Å². The van der Waals surface area contributed by atoms with E-state index < -0.39 is 23.1 Å². The van der Waals surface area contributed by atoms with E-state index in [1.807, 2.05) is 60.7 Å². The molecule has 0 aliphatic heterocycles. The number of nitrogens with one attached hydrogen (secondary N) is 1. The van der Waals surface area contributed by atoms with Gasteiger partial charge >= 0.3 is 0 Å². The third-order valence-electron chi connectivity index (χ3n) is 5.79. The third kappa shape index (κ3) is 6.68. The van der Waals surface area contributed by atoms with Crippen molar-refractivity contribution < 1.29 is 14.7 Å². The summed E-state index contributed by atoms with van der Waals surface area (Å²) in [5.41, 5.74) is 17.9. The number of carbonyl (C=O) groups is 2. The van der Waals surface area contributed by atoms with Crippen LogP contribution in [0.3, 0.4) is 0 Å². The average molecular weight is 474 g/mol. The van der Waals surface area contributed by atoms with Crippen LogP contribution in [-0.4, -0.2) is 34.8 Å². The number of benzene rings is 3. The van der Waals surface area contributed by atoms with Gasteiger partial charge in [0.25, 0.3) is 0 Å². The number of aliphatic imine (C=N–C) groups is 1. The molecule has 0 saturated heterocycles. The Hall–Kier alpha value is -4.17. The number of nitrogens with two attached hydrogens (primary N) is 3. The summed E-state index contributed by atoms with van der Waals surface area (Å²) in [6.45, 7) is 0.391. The topological polar surface area (TPSA) is 157 Å². The van der Waals surface area contributed by atoms with Gasteiger partial charge < -0.3 is 27.6 Å². The van der Waals surface area contributed by atoms with Crippen LogP contribution in [0.2, 0.25) is 0 Å². The number of hydrogen-bond donors (Lipinski definition) is 5. The zero-order valence-corrected chi connectivity index (χ0v) is 19.4. The van der Waals surface area contributed by atoms with Gasteiger partial charge in [0.2, 0.25) is 5.91 Å². The van der Waals surface area contributed by atoms with Gasteiger partial charge in [-0.1, -0.05) is 72.8 Å². The lowest BCUT2D eigenvalue weighted by atomic mass is 9.76. The lowest BCUT2D eigenvalue weighted by Crippen LogP contribution is -2.61. The van der Waals surface area contributed by atoms with Crippen molar-refractivity contribution in [2.75, 3.05) is 6.54 Å². The number of aromatic hydroxyl groups is 1. The van der Waals surface area contributed by atoms with E-state index in [9.17, 15) is 14.7 Å². The van der Waals surface area contributed by atoms with E-state index in [0.29, 0.717) is 6.42 Å². The Morgan fingerprint density at radius 1 is 0.886 bits per heavy atom. The second-order valence-electron chi connectivity index (χ2n) is 8.35. The van der Waals surface area contributed by atoms with Crippen LogP contribution in [0.4, 0.5) is 0 Å². The van der Waals surface area contributed by atoms with Crippen molar-refractivity contribution in [3.05, 3.63) is 102 Å². The molecule has 0 fully saturated rings. The minimum atomic E-state index is -1.83. The van der Waals surface area contributed by atoms with Gasteiger partial charge in [-0.3, -0.25) is 14.6 Å². The van der Waals surface area contributed by atoms with Gasteiger partial charge in [0.05, 0.1) is 5.92 Å². The van der Waals surface area contributed by atoms with E-state index in [1.54, 1.807) is 12.1 Å². The van der Waals surface area contributed by atoms with Gasteiger partial charge in [-0.15, -0.1) is 0 Å². The SMILES string of the molecule is NC(N)=NCCC[C@@](N)(C(=O)NCc1ccc(O)cc1)C(=O)C(c1ccccc1)c1ccccc1. The summed E-state index contributed by atoms with van der Waals surface area (Å²) in [5, 5.41) is 12.3. The summed E-state index contributed by atoms with van der Waals surface area (Å²) in [6.07, 6.45) is 0.392. The maximum absolute atomic E-state index is 14.1. The van der Waals surface area contributed by atoms with Crippen LogP contribution in [0.5, 0.6) is 5.75 Å². The molecule has 0 heterocycles. The normalized spacial score (nSPS) is 12.5. The van der Waals surface area contributed by atoms with Crippen LogP contribution in [-0.2, 0) is 16.1 Å². The number of amides is 1. The molecule has 182 valence electrons. The molecule has 8 heteroatoms. The lowest BCUT2D eigenvalue weighted by molar-refractivity contribution is -0.136. The Balaban J connectivity index is 1.93. The minimum Gasteiger partial charge on any atom is -0.508 e. The Labute approximate surface area is 204 Å². The quantitative estimate of drug-likeness (QED) is 0.124. The largest absolute Gasteiger partial charge is 0.508 e. The summed E-state index contributed by atoms with van der Waals surface area (Å²) in [4.78, 5) is 31.5. The standard InChI is InChI=1S/C27H31N5O3/c28-26(29)31-17-7-16-27(30,25(35)32-18-19-12-14-22(33)15-13-19)24(34)23(20-8-3-1-4-9-20)21-10-5-2-6-11-21/h1-6,8-15,23,33H,7,16-18,30H2,(H,32,35)(H4,28,29,31)/t27-/m0/s1. The number of carbonyl (C=O) groups excluding carboxylic acids is 2. The van der Waals surface area contributed by atoms with Crippen LogP contribution in [0.25, 0.3) is 0 Å². The number of rotatable bonds is 11. The van der Waals surface area contributed by atoms with Crippen LogP contribution < -0.4 is 22.5 Å². The summed E-state index contributed by atoms with van der Waals surface area (Å²) in [5.74, 6) is -1.68. The number of hydrogen-bond acceptors (Lipinski definition) is 5. The third-order valence-corrected chi connectivity index (χ3v) is 5.79. The van der Waals surface area contributed by atoms with E-state index in [1.165, 1.54) is 12.1 Å². The summed E-state index contributed by atoms with van der Waals surface area (Å²) >= 11 is 0. The maximum Gasteiger partial charge on any atom is 0.248 e. The van der Waals surface area contributed by atoms with Gasteiger partial charge in [0, 0.05) is 13.1 Å². The highest BCUT2D eigenvalue weighted by Crippen LogP contribution is 2.31. The molecule has 0 bridgehead atoms. The summed E-state index contributed by atoms with van der Waals surface area (Å²) < 4.78 is 0. The molecular weight excluding hydrogens is 442 g/mol. The average Bonchev–Trinajstić information content (AvgIpc) is 2.87. The molecule has 0 unspecified atom stereocenters. The Morgan fingerprint density at radius 2 is 1.43 bits per heavy atom. The van der Waals surface area contributed by atoms with Crippen molar-refractivity contribution in [1.29, 1.82) is 0 Å². The molecule has 1 atom stereocenters. The summed E-state index contributed by atoms with van der Waals surface area (Å²) in [6, 6.07) is 25.0. The minimum absolute atomic E-state index is 0.0557. The molecule has 35 heavy (non-hydrogen) atoms. The molecule has 1 amide bonds. The predicted molar refractivity (Wildman–Crippen MR) is 137 cm³/mol. The molecule has 0 spiro atoms. The Bertz CT molecular complexity index is 1110. The van der Waals surface area contributed by atoms with Crippen LogP contribution in [0.15, 0.2) is 89.9 Å². The van der Waals surface area contributed by atoms with Gasteiger partial charge in [-0.2, -0.15) is 0 Å². The zero-order valence-electron chi connectivity index (χ0n) is 19.4. The van der Waals surface area contributed by atoms with E-state index in [-0.39, 0.29) is 31.2 Å². The molecule has 0 aliphatic rings. The Morgan fingerprint density at radius 3 is 1.94 bits per heavy atom. The number of nitrogens with zero attached hydrogens (tertiary/aromatic N) is 1. The predicted octanol–water partition coefficient (Wildman–Crippen LogP) is 2.16. The molecule has 3 rings (SSSR count). The monoisotopic (exact) mass is 473 g/mol. The van der Waals surface area contributed by atoms with Crippen LogP contribution in [0, 0.1) is 0 Å². The first-order valence-electron chi connectivity index (χ1n) is 11.4. The fourth-order valence-corrected chi connectivity index (χ4v) is 3.91. The maximum atomic E-state index is 14.1. The number of phenolic OH excluding ortho intramolecular Hbond substituents is 1. The molecule has 8 N–H and O–H groups in total. The van der Waals surface area contributed by atoms with E-state index in [4.69, 9.17) is 17.2 Å². The van der Waals surface area contributed by atoms with Crippen molar-refractivity contribution in [3.8, 4) is 5.75 Å². The first-order valence-corrected chi connectivity index (χ1v) is 11.4. The molecule has 0 radical (unpaired) electrons. The highest BCUT2D eigenvalue weighted by Gasteiger charge is 2.45. The van der Waals surface area contributed by atoms with Crippen molar-refractivity contribution >= 4 is 17.6 Å². The van der Waals surface area contributed by atoms with E-state index >= 15 is 0 Å². The van der Waals surface area contributed by atoms with Crippen LogP contribution >= 0.6 is 0 Å². The van der Waals surface area contributed by atoms with Gasteiger partial charge in [-0.05, 0) is 41.7 Å². The van der Waals surface area contributed by atoms with Crippen molar-refractivity contribution in [2.45, 2.75) is 30.8 Å². The molecule has 0 aliphatic carbocycles. The van der Waals surface area contributed by atoms with E-state index in [2.05, 4.69) is 10.3 Å².